The minimum absolute atomic E-state index is 0. The fourth-order valence-electron chi connectivity index (χ4n) is 11.5. The van der Waals surface area contributed by atoms with Crippen molar-refractivity contribution in [2.75, 3.05) is 12.3 Å². The summed E-state index contributed by atoms with van der Waals surface area (Å²) in [4.78, 5) is 0. The maximum atomic E-state index is 7.74. The van der Waals surface area contributed by atoms with Gasteiger partial charge in [0.2, 0.25) is 0 Å². The molecule has 14 aromatic rings. The molecule has 0 spiro atoms. The van der Waals surface area contributed by atoms with Crippen molar-refractivity contribution in [3.8, 4) is 34.1 Å². The van der Waals surface area contributed by atoms with Crippen molar-refractivity contribution < 1.29 is 44.8 Å². The molecule has 0 heterocycles. The molecule has 0 saturated carbocycles. The summed E-state index contributed by atoms with van der Waals surface area (Å²) in [7, 11) is -1.57. The minimum Gasteiger partial charge on any atom is -0.366 e. The van der Waals surface area contributed by atoms with E-state index in [1.807, 2.05) is 24.3 Å². The molecule has 398 valence electrons. The van der Waals surface area contributed by atoms with Crippen LogP contribution < -0.4 is 21.2 Å². The van der Waals surface area contributed by atoms with Crippen molar-refractivity contribution in [2.24, 2.45) is 0 Å². The molecule has 4 heteroatoms. The summed E-state index contributed by atoms with van der Waals surface area (Å²) in [5.41, 5.74) is 6.60. The van der Waals surface area contributed by atoms with Crippen LogP contribution in [0.15, 0.2) is 303 Å². The first kappa shape index (κ1) is 57.3. The third-order valence-electron chi connectivity index (χ3n) is 15.3. The van der Waals surface area contributed by atoms with E-state index in [0.717, 1.165) is 21.9 Å². The quantitative estimate of drug-likeness (QED) is 0.0444. The average molecular weight is 1450 g/mol. The minimum atomic E-state index is -0.783. The first-order chi connectivity index (χ1) is 39.6. The molecule has 0 unspecified atom stereocenters. The van der Waals surface area contributed by atoms with E-state index < -0.39 is 15.8 Å². The number of hydrogen-bond donors (Lipinski definition) is 0. The second kappa shape index (κ2) is 27.2. The molecule has 14 aromatic carbocycles. The van der Waals surface area contributed by atoms with Crippen molar-refractivity contribution >= 4 is 102 Å². The molecule has 0 nitrogen and oxygen atoms in total. The summed E-state index contributed by atoms with van der Waals surface area (Å²) in [6.07, 6.45) is 18.0. The number of hydrogen-bond acceptors (Lipinski definition) is 0. The van der Waals surface area contributed by atoms with E-state index in [1.165, 1.54) is 110 Å². The SMILES string of the molecule is [Au+].[Au+].[C-]#Cc1cc2c3ccccc3c(-c3ccccc3)cc2c2ccccc12.[C-]#Cc1cc2c3ccccc3c(-c3ccccc3)cc2c2ccccc12.c1ccc([PH+](CC[PH+](c2ccccc2)c2ccccc2)c2ccccc2)cc1. The molecule has 0 N–H and O–H groups in total. The van der Waals surface area contributed by atoms with Crippen LogP contribution in [0.2, 0.25) is 0 Å². The Morgan fingerprint density at radius 2 is 0.451 bits per heavy atom. The first-order valence-corrected chi connectivity index (χ1v) is 30.7. The zero-order valence-electron chi connectivity index (χ0n) is 44.9. The molecule has 0 bridgehead atoms. The van der Waals surface area contributed by atoms with Crippen LogP contribution in [0.5, 0.6) is 0 Å². The monoisotopic (exact) mass is 1450 g/mol. The second-order valence-electron chi connectivity index (χ2n) is 20.0. The molecule has 0 fully saturated rings. The van der Waals surface area contributed by atoms with E-state index in [2.05, 4.69) is 291 Å². The van der Waals surface area contributed by atoms with Crippen LogP contribution in [-0.4, -0.2) is 12.3 Å². The van der Waals surface area contributed by atoms with Gasteiger partial charge in [0.15, 0.2) is 0 Å². The second-order valence-corrected chi connectivity index (χ2v) is 25.2. The predicted molar refractivity (Wildman–Crippen MR) is 352 cm³/mol. The predicted octanol–water partition coefficient (Wildman–Crippen LogP) is 18.2. The molecular formula is C78H56Au2P2+2. The van der Waals surface area contributed by atoms with Gasteiger partial charge in [-0.15, -0.1) is 23.3 Å². The van der Waals surface area contributed by atoms with Crippen molar-refractivity contribution in [3.63, 3.8) is 0 Å². The molecule has 0 aliphatic carbocycles. The summed E-state index contributed by atoms with van der Waals surface area (Å²) >= 11 is 0. The molecule has 0 radical (unpaired) electrons. The maximum absolute atomic E-state index is 7.74. The van der Waals surface area contributed by atoms with Crippen LogP contribution in [-0.2, 0) is 44.8 Å². The van der Waals surface area contributed by atoms with Crippen molar-refractivity contribution in [3.05, 3.63) is 327 Å². The number of rotatable bonds is 9. The molecule has 0 aliphatic heterocycles. The van der Waals surface area contributed by atoms with E-state index in [-0.39, 0.29) is 44.8 Å². The van der Waals surface area contributed by atoms with Crippen LogP contribution in [0.25, 0.3) is 86.9 Å². The fraction of sp³-hybridized carbons (Fsp3) is 0.0256. The fourth-order valence-corrected chi connectivity index (χ4v) is 17.7. The van der Waals surface area contributed by atoms with Gasteiger partial charge in [-0.2, -0.15) is 0 Å². The van der Waals surface area contributed by atoms with Gasteiger partial charge in [-0.05, 0) is 137 Å². The van der Waals surface area contributed by atoms with Crippen LogP contribution in [0, 0.1) is 24.7 Å². The van der Waals surface area contributed by atoms with Gasteiger partial charge < -0.3 is 12.8 Å². The van der Waals surface area contributed by atoms with Gasteiger partial charge in [0.25, 0.3) is 0 Å². The Kier molecular flexibility index (Phi) is 19.1. The molecule has 14 rings (SSSR count). The first-order valence-electron chi connectivity index (χ1n) is 27.3. The van der Waals surface area contributed by atoms with Crippen LogP contribution in [0.3, 0.4) is 0 Å². The average Bonchev–Trinajstić information content (AvgIpc) is 3.68. The van der Waals surface area contributed by atoms with E-state index in [0.29, 0.717) is 0 Å². The molecule has 0 aromatic heterocycles. The molecule has 0 saturated heterocycles. The topological polar surface area (TPSA) is 0 Å². The zero-order valence-corrected chi connectivity index (χ0v) is 51.2. The smallest absolute Gasteiger partial charge is 0.366 e. The molecule has 82 heavy (non-hydrogen) atoms. The Morgan fingerprint density at radius 3 is 0.732 bits per heavy atom. The standard InChI is InChI=1S/C26H24P2.2C26H15.2Au/c1-5-13-23(14-6-1)27(24-15-7-2-8-16-24)21-22-28(25-17-9-3-10-18-25)26-19-11-4-12-20-26;2*1-2-18-16-25-23-15-9-8-14-22(23)24(19-10-4-3-5-11-19)17-26(25)21-13-7-6-12-20(18)21;;/h1-20H,21-22H2;2*3-17H;;/q;2*-1;2*+1/p+2. The normalized spacial score (nSPS) is 10.8. The van der Waals surface area contributed by atoms with Crippen LogP contribution in [0.1, 0.15) is 11.1 Å². The summed E-state index contributed by atoms with van der Waals surface area (Å²) < 4.78 is 0. The van der Waals surface area contributed by atoms with Crippen molar-refractivity contribution in [1.82, 2.24) is 0 Å². The summed E-state index contributed by atoms with van der Waals surface area (Å²) in [6, 6.07) is 108. The Bertz CT molecular complexity index is 4160. The van der Waals surface area contributed by atoms with Gasteiger partial charge in [-0.25, -0.2) is 0 Å². The number of fused-ring (bicyclic) bond motifs is 10. The van der Waals surface area contributed by atoms with Crippen LogP contribution in [0.4, 0.5) is 0 Å². The molecule has 0 atom stereocenters. The third kappa shape index (κ3) is 12.2. The third-order valence-corrected chi connectivity index (χ3v) is 21.4. The molecule has 0 amide bonds. The van der Waals surface area contributed by atoms with Gasteiger partial charge in [-0.1, -0.05) is 241 Å². The van der Waals surface area contributed by atoms with E-state index >= 15 is 0 Å². The Balaban J connectivity index is 0.000000136. The Morgan fingerprint density at radius 1 is 0.232 bits per heavy atom. The molecule has 0 aliphatic rings. The van der Waals surface area contributed by atoms with Gasteiger partial charge >= 0.3 is 44.8 Å². The van der Waals surface area contributed by atoms with Gasteiger partial charge in [-0.3, -0.25) is 11.8 Å². The van der Waals surface area contributed by atoms with Crippen molar-refractivity contribution in [2.45, 2.75) is 0 Å². The number of benzene rings is 14. The van der Waals surface area contributed by atoms with E-state index in [1.54, 1.807) is 0 Å². The Hall–Kier alpha value is -7.90. The summed E-state index contributed by atoms with van der Waals surface area (Å²) in [6.45, 7) is 0. The van der Waals surface area contributed by atoms with Gasteiger partial charge in [0, 0.05) is 0 Å². The largest absolute Gasteiger partial charge is 1.00 e. The summed E-state index contributed by atoms with van der Waals surface area (Å²) in [5.74, 6) is 5.25. The van der Waals surface area contributed by atoms with Crippen LogP contribution >= 0.6 is 15.8 Å². The maximum Gasteiger partial charge on any atom is 1.00 e. The zero-order chi connectivity index (χ0) is 54.0. The molecular weight excluding hydrogens is 1390 g/mol. The van der Waals surface area contributed by atoms with Crippen molar-refractivity contribution in [1.29, 1.82) is 0 Å². The van der Waals surface area contributed by atoms with E-state index in [4.69, 9.17) is 12.8 Å². The van der Waals surface area contributed by atoms with Gasteiger partial charge in [0.1, 0.15) is 12.3 Å². The summed E-state index contributed by atoms with van der Waals surface area (Å²) in [5, 5.41) is 20.2. The van der Waals surface area contributed by atoms with E-state index in [9.17, 15) is 0 Å². The Labute approximate surface area is 515 Å². The van der Waals surface area contributed by atoms with Gasteiger partial charge in [0.05, 0.1) is 37.1 Å².